The van der Waals surface area contributed by atoms with Gasteiger partial charge in [-0.05, 0) is 37.1 Å². The van der Waals surface area contributed by atoms with Gasteiger partial charge in [-0.1, -0.05) is 24.3 Å². The number of rotatable bonds is 12. The number of thioether (sulfide) groups is 1. The molecule has 0 atom stereocenters. The molecule has 0 saturated heterocycles. The number of para-hydroxylation sites is 1. The van der Waals surface area contributed by atoms with Gasteiger partial charge in [0.2, 0.25) is 5.91 Å². The van der Waals surface area contributed by atoms with E-state index in [1.807, 2.05) is 0 Å². The second-order valence-corrected chi connectivity index (χ2v) is 8.56. The Bertz CT molecular complexity index is 1040. The largest absolute Gasteiger partial charge is 0.452 e. The first-order chi connectivity index (χ1) is 16.5. The molecule has 0 bridgehead atoms. The van der Waals surface area contributed by atoms with Gasteiger partial charge in [0.15, 0.2) is 6.61 Å². The highest BCUT2D eigenvalue weighted by Crippen LogP contribution is 2.24. The molecule has 3 amide bonds. The first kappa shape index (κ1) is 25.3. The fourth-order valence-corrected chi connectivity index (χ4v) is 3.79. The van der Waals surface area contributed by atoms with Crippen LogP contribution in [0.1, 0.15) is 33.6 Å². The van der Waals surface area contributed by atoms with Gasteiger partial charge in [-0.25, -0.2) is 4.79 Å². The number of ether oxygens (including phenoxy) is 2. The van der Waals surface area contributed by atoms with Gasteiger partial charge in [0.25, 0.3) is 11.8 Å². The summed E-state index contributed by atoms with van der Waals surface area (Å²) in [5.74, 6) is -1.57. The van der Waals surface area contributed by atoms with E-state index < -0.39 is 18.5 Å². The summed E-state index contributed by atoms with van der Waals surface area (Å²) in [6.07, 6.45) is 1.91. The second-order valence-electron chi connectivity index (χ2n) is 7.55. The number of amides is 3. The normalized spacial score (nSPS) is 12.5. The fraction of sp³-hybridized carbons (Fsp3) is 0.333. The van der Waals surface area contributed by atoms with Crippen LogP contribution in [0, 0.1) is 0 Å². The predicted molar refractivity (Wildman–Crippen MR) is 128 cm³/mol. The van der Waals surface area contributed by atoms with Gasteiger partial charge in [0, 0.05) is 24.6 Å². The third-order valence-corrected chi connectivity index (χ3v) is 5.86. The number of anilines is 1. The molecule has 1 aliphatic carbocycles. The second kappa shape index (κ2) is 12.8. The van der Waals surface area contributed by atoms with Gasteiger partial charge in [-0.15, -0.1) is 11.8 Å². The zero-order valence-corrected chi connectivity index (χ0v) is 19.6. The zero-order chi connectivity index (χ0) is 24.3. The predicted octanol–water partition coefficient (Wildman–Crippen LogP) is 2.23. The maximum atomic E-state index is 12.6. The monoisotopic (exact) mass is 485 g/mol. The van der Waals surface area contributed by atoms with Crippen molar-refractivity contribution < 1.29 is 28.7 Å². The molecule has 2 aromatic carbocycles. The average Bonchev–Trinajstić information content (AvgIpc) is 3.66. The maximum Gasteiger partial charge on any atom is 0.339 e. The van der Waals surface area contributed by atoms with Crippen LogP contribution >= 0.6 is 11.8 Å². The minimum atomic E-state index is -0.683. The van der Waals surface area contributed by atoms with Crippen molar-refractivity contribution in [2.24, 2.45) is 0 Å². The number of carbonyl (C=O) groups is 4. The Labute approximate surface area is 202 Å². The summed E-state index contributed by atoms with van der Waals surface area (Å²) in [6.45, 7) is 0.297. The molecular formula is C24H27N3O6S. The van der Waals surface area contributed by atoms with Gasteiger partial charge in [-0.2, -0.15) is 0 Å². The fourth-order valence-electron chi connectivity index (χ4n) is 2.92. The molecule has 0 unspecified atom stereocenters. The summed E-state index contributed by atoms with van der Waals surface area (Å²) < 4.78 is 10.1. The van der Waals surface area contributed by atoms with E-state index in [2.05, 4.69) is 16.0 Å². The van der Waals surface area contributed by atoms with E-state index in [9.17, 15) is 19.2 Å². The molecular weight excluding hydrogens is 458 g/mol. The molecule has 1 fully saturated rings. The number of hydrogen-bond acceptors (Lipinski definition) is 7. The smallest absolute Gasteiger partial charge is 0.339 e. The first-order valence-corrected chi connectivity index (χ1v) is 11.8. The van der Waals surface area contributed by atoms with Crippen LogP contribution in [0.4, 0.5) is 5.69 Å². The highest BCUT2D eigenvalue weighted by molar-refractivity contribution is 8.00. The molecule has 0 aromatic heterocycles. The molecule has 10 heteroatoms. The number of esters is 1. The molecule has 0 heterocycles. The number of nitrogens with one attached hydrogen (secondary N) is 3. The Morgan fingerprint density at radius 3 is 2.41 bits per heavy atom. The summed E-state index contributed by atoms with van der Waals surface area (Å²) in [7, 11) is 1.55. The Balaban J connectivity index is 1.52. The van der Waals surface area contributed by atoms with Crippen LogP contribution in [0.25, 0.3) is 0 Å². The minimum Gasteiger partial charge on any atom is -0.452 e. The molecule has 2 aromatic rings. The molecule has 34 heavy (non-hydrogen) atoms. The van der Waals surface area contributed by atoms with Crippen LogP contribution in [0.3, 0.4) is 0 Å². The Morgan fingerprint density at radius 2 is 1.68 bits per heavy atom. The molecule has 3 N–H and O–H groups in total. The van der Waals surface area contributed by atoms with Crippen molar-refractivity contribution in [2.75, 3.05) is 37.9 Å². The van der Waals surface area contributed by atoms with E-state index in [1.165, 1.54) is 11.8 Å². The topological polar surface area (TPSA) is 123 Å². The first-order valence-electron chi connectivity index (χ1n) is 10.8. The van der Waals surface area contributed by atoms with E-state index in [0.29, 0.717) is 29.3 Å². The molecule has 180 valence electrons. The van der Waals surface area contributed by atoms with Crippen LogP contribution in [-0.2, 0) is 19.1 Å². The number of benzene rings is 2. The molecule has 9 nitrogen and oxygen atoms in total. The van der Waals surface area contributed by atoms with Gasteiger partial charge < -0.3 is 25.4 Å². The molecule has 0 aliphatic heterocycles. The van der Waals surface area contributed by atoms with Gasteiger partial charge >= 0.3 is 5.97 Å². The third kappa shape index (κ3) is 7.89. The Hall–Kier alpha value is -3.37. The van der Waals surface area contributed by atoms with Crippen molar-refractivity contribution in [2.45, 2.75) is 23.8 Å². The van der Waals surface area contributed by atoms with Crippen LogP contribution in [0.15, 0.2) is 53.4 Å². The van der Waals surface area contributed by atoms with Gasteiger partial charge in [-0.3, -0.25) is 14.4 Å². The third-order valence-electron chi connectivity index (χ3n) is 4.79. The van der Waals surface area contributed by atoms with Crippen molar-refractivity contribution in [3.05, 3.63) is 59.7 Å². The van der Waals surface area contributed by atoms with E-state index >= 15 is 0 Å². The van der Waals surface area contributed by atoms with Crippen LogP contribution in [0.2, 0.25) is 0 Å². The number of methoxy groups -OCH3 is 1. The van der Waals surface area contributed by atoms with Gasteiger partial charge in [0.1, 0.15) is 0 Å². The summed E-state index contributed by atoms with van der Waals surface area (Å²) in [6, 6.07) is 13.5. The Kier molecular flexibility index (Phi) is 9.48. The summed E-state index contributed by atoms with van der Waals surface area (Å²) >= 11 is 1.19. The van der Waals surface area contributed by atoms with Crippen molar-refractivity contribution in [3.8, 4) is 0 Å². The zero-order valence-electron chi connectivity index (χ0n) is 18.8. The van der Waals surface area contributed by atoms with Crippen LogP contribution in [0.5, 0.6) is 0 Å². The summed E-state index contributed by atoms with van der Waals surface area (Å²) in [5, 5.41) is 8.22. The minimum absolute atomic E-state index is 0.119. The van der Waals surface area contributed by atoms with Crippen molar-refractivity contribution in [3.63, 3.8) is 0 Å². The van der Waals surface area contributed by atoms with Crippen LogP contribution < -0.4 is 16.0 Å². The van der Waals surface area contributed by atoms with Crippen molar-refractivity contribution in [1.82, 2.24) is 10.6 Å². The van der Waals surface area contributed by atoms with Crippen molar-refractivity contribution >= 4 is 41.1 Å². The number of hydrogen-bond donors (Lipinski definition) is 3. The Morgan fingerprint density at radius 1 is 0.971 bits per heavy atom. The lowest BCUT2D eigenvalue weighted by molar-refractivity contribution is -0.119. The van der Waals surface area contributed by atoms with E-state index in [4.69, 9.17) is 9.47 Å². The quantitative estimate of drug-likeness (QED) is 0.239. The highest BCUT2D eigenvalue weighted by Gasteiger charge is 2.25. The lowest BCUT2D eigenvalue weighted by atomic mass is 10.1. The molecule has 1 saturated carbocycles. The summed E-state index contributed by atoms with van der Waals surface area (Å²) in [4.78, 5) is 49.8. The molecule has 0 spiro atoms. The average molecular weight is 486 g/mol. The lowest BCUT2D eigenvalue weighted by Crippen LogP contribution is -2.28. The lowest BCUT2D eigenvalue weighted by Gasteiger charge is -2.12. The SMILES string of the molecule is COCCNC(=O)CSc1ccccc1C(=O)OCC(=O)Nc1ccccc1C(=O)NC1CC1. The van der Waals surface area contributed by atoms with E-state index in [-0.39, 0.29) is 29.2 Å². The number of carbonyl (C=O) groups excluding carboxylic acids is 4. The van der Waals surface area contributed by atoms with E-state index in [0.717, 1.165) is 12.8 Å². The van der Waals surface area contributed by atoms with E-state index in [1.54, 1.807) is 55.6 Å². The van der Waals surface area contributed by atoms with Gasteiger partial charge in [0.05, 0.1) is 29.2 Å². The standard InChI is InChI=1S/C24H27N3O6S/c1-32-13-12-25-22(29)15-34-20-9-5-3-7-18(20)24(31)33-14-21(28)27-19-8-4-2-6-17(19)23(30)26-16-10-11-16/h2-9,16H,10-15H2,1H3,(H,25,29)(H,26,30)(H,27,28). The molecule has 1 aliphatic rings. The molecule has 3 rings (SSSR count). The highest BCUT2D eigenvalue weighted by atomic mass is 32.2. The maximum absolute atomic E-state index is 12.6. The van der Waals surface area contributed by atoms with Crippen molar-refractivity contribution in [1.29, 1.82) is 0 Å². The molecule has 0 radical (unpaired) electrons. The summed E-state index contributed by atoms with van der Waals surface area (Å²) in [5.41, 5.74) is 0.950. The van der Waals surface area contributed by atoms with Crippen LogP contribution in [-0.4, -0.2) is 62.4 Å².